The molecule has 3 unspecified atom stereocenters. The molecule has 0 aliphatic carbocycles. The third-order valence-electron chi connectivity index (χ3n) is 5.38. The smallest absolute Gasteiger partial charge is 0.338 e. The lowest BCUT2D eigenvalue weighted by Gasteiger charge is -2.35. The Morgan fingerprint density at radius 1 is 1.36 bits per heavy atom. The number of aliphatic hydroxyl groups excluding tert-OH is 2. The van der Waals surface area contributed by atoms with Crippen molar-refractivity contribution >= 4 is 39.1 Å². The molecule has 2 aromatic rings. The summed E-state index contributed by atoms with van der Waals surface area (Å²) in [4.78, 5) is 24.1. The van der Waals surface area contributed by atoms with E-state index in [-0.39, 0.29) is 13.2 Å². The Kier molecular flexibility index (Phi) is 7.55. The molecule has 2 aliphatic rings. The number of aliphatic imine (C=N–C) groups is 1. The number of amidine groups is 1. The van der Waals surface area contributed by atoms with Crippen molar-refractivity contribution in [1.82, 2.24) is 15.2 Å². The van der Waals surface area contributed by atoms with E-state index in [4.69, 9.17) is 9.73 Å². The van der Waals surface area contributed by atoms with Crippen molar-refractivity contribution in [2.24, 2.45) is 4.99 Å². The van der Waals surface area contributed by atoms with Crippen LogP contribution in [0.3, 0.4) is 0 Å². The summed E-state index contributed by atoms with van der Waals surface area (Å²) >= 11 is 4.80. The van der Waals surface area contributed by atoms with Gasteiger partial charge in [0, 0.05) is 47.8 Å². The summed E-state index contributed by atoms with van der Waals surface area (Å²) in [5.41, 5.74) is 1.43. The number of aromatic nitrogens is 1. The van der Waals surface area contributed by atoms with Crippen LogP contribution in [0.25, 0.3) is 0 Å². The number of nitrogens with one attached hydrogen (secondary N) is 1. The molecule has 0 saturated carbocycles. The number of β-amino-alcohol motifs (C(OH)–C–C–N with tert-alkyl or cyclic N) is 2. The van der Waals surface area contributed by atoms with Crippen LogP contribution in [0.15, 0.2) is 50.5 Å². The van der Waals surface area contributed by atoms with Crippen LogP contribution in [0, 0.1) is 5.82 Å². The number of ether oxygens (including phenoxy) is 1. The summed E-state index contributed by atoms with van der Waals surface area (Å²) in [5.74, 6) is -0.476. The zero-order valence-corrected chi connectivity index (χ0v) is 20.3. The molecular weight excluding hydrogens is 515 g/mol. The van der Waals surface area contributed by atoms with Gasteiger partial charge in [-0.2, -0.15) is 0 Å². The fourth-order valence-corrected chi connectivity index (χ4v) is 5.21. The highest BCUT2D eigenvalue weighted by Crippen LogP contribution is 2.37. The minimum absolute atomic E-state index is 0.178. The fourth-order valence-electron chi connectivity index (χ4n) is 4.05. The standard InChI is InChI=1S/C22H24BrFN4O4S/c1-2-32-22(31)18-17(11-28-9-13(29)8-14(30)10-28)26-20(21-25-5-6-33-21)27-19(18)15-4-3-12(24)7-16(15)23/h3-7,13-14,19,29-30H,2,8-11H2,1H3,(H,26,27). The maximum atomic E-state index is 13.8. The number of nitrogens with zero attached hydrogens (tertiary/aromatic N) is 3. The lowest BCUT2D eigenvalue weighted by Crippen LogP contribution is -2.48. The number of thiazole rings is 1. The van der Waals surface area contributed by atoms with Gasteiger partial charge in [-0.25, -0.2) is 14.2 Å². The SMILES string of the molecule is CCOC(=O)C1=C(CN2CC(O)CC(O)C2)NC(c2nccs2)=NC1c1ccc(F)cc1Br. The van der Waals surface area contributed by atoms with E-state index in [1.807, 2.05) is 10.3 Å². The molecule has 0 radical (unpaired) electrons. The van der Waals surface area contributed by atoms with Gasteiger partial charge in [-0.15, -0.1) is 11.3 Å². The summed E-state index contributed by atoms with van der Waals surface area (Å²) in [5, 5.41) is 26.0. The number of piperidine rings is 1. The summed E-state index contributed by atoms with van der Waals surface area (Å²) in [7, 11) is 0. The lowest BCUT2D eigenvalue weighted by atomic mass is 9.95. The van der Waals surface area contributed by atoms with Gasteiger partial charge in [0.05, 0.1) is 24.4 Å². The van der Waals surface area contributed by atoms with Crippen molar-refractivity contribution in [2.45, 2.75) is 31.6 Å². The molecule has 2 aliphatic heterocycles. The van der Waals surface area contributed by atoms with Gasteiger partial charge in [0.1, 0.15) is 11.9 Å². The Hall–Kier alpha value is -2.18. The minimum atomic E-state index is -0.770. The van der Waals surface area contributed by atoms with E-state index >= 15 is 0 Å². The van der Waals surface area contributed by atoms with Crippen LogP contribution in [-0.4, -0.2) is 70.4 Å². The summed E-state index contributed by atoms with van der Waals surface area (Å²) < 4.78 is 19.6. The van der Waals surface area contributed by atoms with Crippen molar-refractivity contribution < 1.29 is 24.1 Å². The van der Waals surface area contributed by atoms with Crippen molar-refractivity contribution in [3.05, 3.63) is 61.9 Å². The molecule has 4 rings (SSSR count). The molecule has 1 aromatic carbocycles. The number of hydrogen-bond donors (Lipinski definition) is 3. The molecule has 176 valence electrons. The number of benzene rings is 1. The molecule has 0 amide bonds. The zero-order chi connectivity index (χ0) is 23.5. The molecule has 8 nitrogen and oxygen atoms in total. The van der Waals surface area contributed by atoms with E-state index in [2.05, 4.69) is 26.2 Å². The number of carbonyl (C=O) groups excluding carboxylic acids is 1. The van der Waals surface area contributed by atoms with Crippen molar-refractivity contribution in [2.75, 3.05) is 26.2 Å². The van der Waals surface area contributed by atoms with E-state index in [1.54, 1.807) is 19.2 Å². The van der Waals surface area contributed by atoms with Gasteiger partial charge in [-0.1, -0.05) is 22.0 Å². The van der Waals surface area contributed by atoms with Crippen molar-refractivity contribution in [3.8, 4) is 0 Å². The number of rotatable bonds is 6. The maximum Gasteiger partial charge on any atom is 0.338 e. The van der Waals surface area contributed by atoms with Gasteiger partial charge in [0.15, 0.2) is 10.8 Å². The molecule has 1 saturated heterocycles. The normalized spacial score (nSPS) is 23.8. The maximum absolute atomic E-state index is 13.8. The summed E-state index contributed by atoms with van der Waals surface area (Å²) in [6.07, 6.45) is 0.635. The van der Waals surface area contributed by atoms with E-state index < -0.39 is 30.0 Å². The van der Waals surface area contributed by atoms with Crippen molar-refractivity contribution in [3.63, 3.8) is 0 Å². The molecule has 33 heavy (non-hydrogen) atoms. The summed E-state index contributed by atoms with van der Waals surface area (Å²) in [6.45, 7) is 2.86. The highest BCUT2D eigenvalue weighted by atomic mass is 79.9. The Morgan fingerprint density at radius 3 is 2.76 bits per heavy atom. The molecule has 0 bridgehead atoms. The van der Waals surface area contributed by atoms with E-state index in [9.17, 15) is 19.4 Å². The number of esters is 1. The number of carbonyl (C=O) groups is 1. The topological polar surface area (TPSA) is 107 Å². The summed E-state index contributed by atoms with van der Waals surface area (Å²) in [6, 6.07) is 3.47. The van der Waals surface area contributed by atoms with Gasteiger partial charge in [0.25, 0.3) is 0 Å². The monoisotopic (exact) mass is 538 g/mol. The fraction of sp³-hybridized carbons (Fsp3) is 0.409. The molecule has 3 heterocycles. The quantitative estimate of drug-likeness (QED) is 0.484. The highest BCUT2D eigenvalue weighted by Gasteiger charge is 2.35. The predicted octanol–water partition coefficient (Wildman–Crippen LogP) is 2.38. The average molecular weight is 539 g/mol. The molecule has 3 atom stereocenters. The number of likely N-dealkylation sites (tertiary alicyclic amines) is 1. The molecule has 3 N–H and O–H groups in total. The number of aliphatic hydroxyl groups is 2. The Morgan fingerprint density at radius 2 is 2.12 bits per heavy atom. The minimum Gasteiger partial charge on any atom is -0.463 e. The number of halogens is 2. The average Bonchev–Trinajstić information content (AvgIpc) is 3.27. The first-order valence-corrected chi connectivity index (χ1v) is 12.2. The molecule has 1 aromatic heterocycles. The highest BCUT2D eigenvalue weighted by molar-refractivity contribution is 9.10. The van der Waals surface area contributed by atoms with Gasteiger partial charge in [-0.3, -0.25) is 9.89 Å². The van der Waals surface area contributed by atoms with E-state index in [1.165, 1.54) is 23.5 Å². The van der Waals surface area contributed by atoms with Crippen LogP contribution in [0.2, 0.25) is 0 Å². The van der Waals surface area contributed by atoms with Crippen LogP contribution in [0.5, 0.6) is 0 Å². The second kappa shape index (κ2) is 10.4. The molecule has 1 fully saturated rings. The first-order chi connectivity index (χ1) is 15.9. The largest absolute Gasteiger partial charge is 0.463 e. The second-order valence-electron chi connectivity index (χ2n) is 7.86. The molecular formula is C22H24BrFN4O4S. The Balaban J connectivity index is 1.81. The van der Waals surface area contributed by atoms with Crippen LogP contribution in [-0.2, 0) is 9.53 Å². The molecule has 0 spiro atoms. The van der Waals surface area contributed by atoms with Crippen LogP contribution in [0.4, 0.5) is 4.39 Å². The van der Waals surface area contributed by atoms with Crippen LogP contribution in [0.1, 0.15) is 30.0 Å². The first-order valence-electron chi connectivity index (χ1n) is 10.5. The number of hydrogen-bond acceptors (Lipinski definition) is 9. The van der Waals surface area contributed by atoms with Gasteiger partial charge in [-0.05, 0) is 24.6 Å². The third-order valence-corrected chi connectivity index (χ3v) is 6.84. The van der Waals surface area contributed by atoms with Gasteiger partial charge < -0.3 is 20.3 Å². The predicted molar refractivity (Wildman–Crippen MR) is 125 cm³/mol. The Labute approximate surface area is 202 Å². The second-order valence-corrected chi connectivity index (χ2v) is 9.61. The van der Waals surface area contributed by atoms with Crippen LogP contribution >= 0.6 is 27.3 Å². The first kappa shape index (κ1) is 24.0. The van der Waals surface area contributed by atoms with Gasteiger partial charge in [0.2, 0.25) is 0 Å². The van der Waals surface area contributed by atoms with E-state index in [0.717, 1.165) is 0 Å². The third kappa shape index (κ3) is 5.49. The van der Waals surface area contributed by atoms with Crippen molar-refractivity contribution in [1.29, 1.82) is 0 Å². The Bertz CT molecular complexity index is 1070. The molecule has 11 heteroatoms. The van der Waals surface area contributed by atoms with E-state index in [0.29, 0.717) is 51.7 Å². The zero-order valence-electron chi connectivity index (χ0n) is 17.9. The van der Waals surface area contributed by atoms with Crippen LogP contribution < -0.4 is 5.32 Å². The van der Waals surface area contributed by atoms with Gasteiger partial charge >= 0.3 is 5.97 Å². The lowest BCUT2D eigenvalue weighted by molar-refractivity contribution is -0.139.